The molecule has 0 aliphatic rings. The molecular weight excluding hydrogens is 880 g/mol. The predicted octanol–water partition coefficient (Wildman–Crippen LogP) is 17.6. The van der Waals surface area contributed by atoms with Gasteiger partial charge in [0, 0.05) is 12.8 Å². The summed E-state index contributed by atoms with van der Waals surface area (Å²) in [6.07, 6.45) is 58.4. The Hall–Kier alpha value is -1.77. The van der Waals surface area contributed by atoms with Gasteiger partial charge in [-0.25, -0.2) is 4.57 Å². The molecule has 1 amide bonds. The molecule has 406 valence electrons. The lowest BCUT2D eigenvalue weighted by Crippen LogP contribution is -2.47. The lowest BCUT2D eigenvalue weighted by Gasteiger charge is -2.27. The SMILES string of the molecule is CCCCC/C=C\C/C=C\CCCCCCCCCC(=O)NC(COP(=O)(O)OCC[N+](C)(C)C)C(/C=C/CCCCCCCCCCCCC)OC(=O)CCCCCCCCCCCCCCC. The summed E-state index contributed by atoms with van der Waals surface area (Å²) < 4.78 is 30.6. The van der Waals surface area contributed by atoms with Crippen molar-refractivity contribution in [2.75, 3.05) is 40.9 Å². The maximum absolute atomic E-state index is 13.5. The van der Waals surface area contributed by atoms with Gasteiger partial charge in [-0.3, -0.25) is 18.6 Å². The number of phosphoric acid groups is 1. The summed E-state index contributed by atoms with van der Waals surface area (Å²) in [5, 5.41) is 3.05. The van der Waals surface area contributed by atoms with E-state index in [-0.39, 0.29) is 25.1 Å². The van der Waals surface area contributed by atoms with Crippen LogP contribution in [-0.2, 0) is 27.9 Å². The zero-order chi connectivity index (χ0) is 50.8. The van der Waals surface area contributed by atoms with E-state index in [0.717, 1.165) is 77.0 Å². The number of amides is 1. The van der Waals surface area contributed by atoms with Crippen LogP contribution in [0.4, 0.5) is 0 Å². The Morgan fingerprint density at radius 2 is 0.884 bits per heavy atom. The van der Waals surface area contributed by atoms with E-state index in [4.69, 9.17) is 13.8 Å². The Morgan fingerprint density at radius 1 is 0.507 bits per heavy atom. The molecule has 0 aromatic heterocycles. The smallest absolute Gasteiger partial charge is 0.456 e. The molecule has 69 heavy (non-hydrogen) atoms. The van der Waals surface area contributed by atoms with Crippen molar-refractivity contribution < 1.29 is 37.3 Å². The molecule has 0 rings (SSSR count). The van der Waals surface area contributed by atoms with Crippen LogP contribution in [0.25, 0.3) is 0 Å². The van der Waals surface area contributed by atoms with Crippen LogP contribution in [0.2, 0.25) is 0 Å². The molecular formula is C59H114N2O7P+. The van der Waals surface area contributed by atoms with Crippen molar-refractivity contribution in [2.45, 2.75) is 290 Å². The Kier molecular flexibility index (Phi) is 48.5. The fourth-order valence-electron chi connectivity index (χ4n) is 8.50. The number of carbonyl (C=O) groups excluding carboxylic acids is 2. The lowest BCUT2D eigenvalue weighted by molar-refractivity contribution is -0.870. The lowest BCUT2D eigenvalue weighted by atomic mass is 10.0. The number of rotatable bonds is 53. The van der Waals surface area contributed by atoms with E-state index < -0.39 is 20.0 Å². The highest BCUT2D eigenvalue weighted by molar-refractivity contribution is 7.47. The zero-order valence-electron chi connectivity index (χ0n) is 46.3. The minimum Gasteiger partial charge on any atom is -0.456 e. The highest BCUT2D eigenvalue weighted by Crippen LogP contribution is 2.43. The molecule has 2 N–H and O–H groups in total. The standard InChI is InChI=1S/C59H113N2O7P/c1-7-10-13-16-19-22-25-28-29-30-31-34-36-39-42-45-48-51-58(62)60-56(55-67-69(64,65)66-54-53-61(4,5)6)57(50-47-44-41-38-35-32-26-23-20-17-14-11-8-2)68-59(63)52-49-46-43-40-37-33-27-24-21-18-15-12-9-3/h19,22,28-29,47,50,56-57H,7-18,20-21,23-27,30-46,48-49,51-55H2,1-6H3,(H-,60,62,64,65)/p+1/b22-19-,29-28-,50-47+. The minimum absolute atomic E-state index is 0.0406. The van der Waals surface area contributed by atoms with Crippen LogP contribution in [0.5, 0.6) is 0 Å². The second-order valence-corrected chi connectivity index (χ2v) is 22.6. The van der Waals surface area contributed by atoms with Crippen LogP contribution in [0.1, 0.15) is 278 Å². The van der Waals surface area contributed by atoms with Crippen molar-refractivity contribution >= 4 is 19.7 Å². The van der Waals surface area contributed by atoms with Gasteiger partial charge in [0.2, 0.25) is 5.91 Å². The molecule has 0 bridgehead atoms. The molecule has 0 spiro atoms. The molecule has 0 aliphatic heterocycles. The van der Waals surface area contributed by atoms with Crippen LogP contribution < -0.4 is 5.32 Å². The molecule has 0 saturated heterocycles. The number of phosphoric ester groups is 1. The molecule has 0 aromatic rings. The van der Waals surface area contributed by atoms with Gasteiger partial charge in [-0.15, -0.1) is 0 Å². The Balaban J connectivity index is 5.34. The first-order valence-corrected chi connectivity index (χ1v) is 30.8. The van der Waals surface area contributed by atoms with E-state index in [1.165, 1.54) is 167 Å². The Bertz CT molecular complexity index is 1280. The van der Waals surface area contributed by atoms with Crippen LogP contribution >= 0.6 is 7.82 Å². The second-order valence-electron chi connectivity index (χ2n) is 21.2. The molecule has 3 unspecified atom stereocenters. The number of unbranched alkanes of at least 4 members (excludes halogenated alkanes) is 33. The van der Waals surface area contributed by atoms with E-state index in [9.17, 15) is 19.0 Å². The second kappa shape index (κ2) is 49.8. The highest BCUT2D eigenvalue weighted by atomic mass is 31.2. The highest BCUT2D eigenvalue weighted by Gasteiger charge is 2.30. The van der Waals surface area contributed by atoms with Gasteiger partial charge in [-0.1, -0.05) is 237 Å². The van der Waals surface area contributed by atoms with Gasteiger partial charge in [-0.05, 0) is 63.9 Å². The maximum atomic E-state index is 13.5. The summed E-state index contributed by atoms with van der Waals surface area (Å²) in [7, 11) is 1.50. The summed E-state index contributed by atoms with van der Waals surface area (Å²) >= 11 is 0. The van der Waals surface area contributed by atoms with Crippen LogP contribution in [0, 0.1) is 0 Å². The quantitative estimate of drug-likeness (QED) is 0.0205. The Labute approximate surface area is 427 Å². The first kappa shape index (κ1) is 67.2. The first-order chi connectivity index (χ1) is 33.4. The summed E-state index contributed by atoms with van der Waals surface area (Å²) in [4.78, 5) is 37.6. The van der Waals surface area contributed by atoms with Crippen LogP contribution in [0.15, 0.2) is 36.5 Å². The number of hydrogen-bond acceptors (Lipinski definition) is 6. The molecule has 0 aliphatic carbocycles. The molecule has 0 saturated carbocycles. The first-order valence-electron chi connectivity index (χ1n) is 29.3. The van der Waals surface area contributed by atoms with Gasteiger partial charge < -0.3 is 19.4 Å². The predicted molar refractivity (Wildman–Crippen MR) is 296 cm³/mol. The number of esters is 1. The van der Waals surface area contributed by atoms with Crippen molar-refractivity contribution in [1.29, 1.82) is 0 Å². The van der Waals surface area contributed by atoms with Crippen molar-refractivity contribution in [3.63, 3.8) is 0 Å². The number of nitrogens with one attached hydrogen (secondary N) is 1. The molecule has 0 fully saturated rings. The summed E-state index contributed by atoms with van der Waals surface area (Å²) in [5.74, 6) is -0.504. The summed E-state index contributed by atoms with van der Waals surface area (Å²) in [6, 6.07) is -0.847. The summed E-state index contributed by atoms with van der Waals surface area (Å²) in [5.41, 5.74) is 0. The number of carbonyl (C=O) groups is 2. The van der Waals surface area contributed by atoms with E-state index in [1.54, 1.807) is 0 Å². The van der Waals surface area contributed by atoms with Crippen molar-refractivity contribution in [1.82, 2.24) is 5.32 Å². The van der Waals surface area contributed by atoms with Gasteiger partial charge in [-0.2, -0.15) is 0 Å². The van der Waals surface area contributed by atoms with Gasteiger partial charge in [0.15, 0.2) is 0 Å². The van der Waals surface area contributed by atoms with Gasteiger partial charge in [0.25, 0.3) is 0 Å². The number of ether oxygens (including phenoxy) is 1. The summed E-state index contributed by atoms with van der Waals surface area (Å²) in [6.45, 7) is 7.00. The van der Waals surface area contributed by atoms with Gasteiger partial charge in [0.1, 0.15) is 19.3 Å². The molecule has 10 heteroatoms. The number of likely N-dealkylation sites (N-methyl/N-ethyl adjacent to an activating group) is 1. The molecule has 0 aromatic carbocycles. The van der Waals surface area contributed by atoms with E-state index >= 15 is 0 Å². The van der Waals surface area contributed by atoms with Crippen molar-refractivity contribution in [3.05, 3.63) is 36.5 Å². The van der Waals surface area contributed by atoms with E-state index in [2.05, 4.69) is 50.4 Å². The van der Waals surface area contributed by atoms with Gasteiger partial charge in [0.05, 0.1) is 33.8 Å². The van der Waals surface area contributed by atoms with E-state index in [1.807, 2.05) is 33.3 Å². The van der Waals surface area contributed by atoms with Crippen LogP contribution in [-0.4, -0.2) is 74.3 Å². The third kappa shape index (κ3) is 51.0. The van der Waals surface area contributed by atoms with Crippen LogP contribution in [0.3, 0.4) is 0 Å². The van der Waals surface area contributed by atoms with Crippen molar-refractivity contribution in [3.8, 4) is 0 Å². The number of quaternary nitrogens is 1. The number of allylic oxidation sites excluding steroid dienone is 5. The molecule has 0 radical (unpaired) electrons. The average Bonchev–Trinajstić information content (AvgIpc) is 3.31. The third-order valence-electron chi connectivity index (χ3n) is 13.1. The minimum atomic E-state index is -4.44. The number of hydrogen-bond donors (Lipinski definition) is 2. The zero-order valence-corrected chi connectivity index (χ0v) is 47.2. The fraction of sp³-hybridized carbons (Fsp3) is 0.864. The van der Waals surface area contributed by atoms with E-state index in [0.29, 0.717) is 23.9 Å². The maximum Gasteiger partial charge on any atom is 0.472 e. The van der Waals surface area contributed by atoms with Gasteiger partial charge >= 0.3 is 13.8 Å². The molecule has 3 atom stereocenters. The van der Waals surface area contributed by atoms with Crippen molar-refractivity contribution in [2.24, 2.45) is 0 Å². The topological polar surface area (TPSA) is 111 Å². The number of nitrogens with zero attached hydrogens (tertiary/aromatic N) is 1. The monoisotopic (exact) mass is 994 g/mol. The largest absolute Gasteiger partial charge is 0.472 e. The molecule has 0 heterocycles. The normalized spacial score (nSPS) is 14.0. The third-order valence-corrected chi connectivity index (χ3v) is 14.1. The molecule has 9 nitrogen and oxygen atoms in total. The Morgan fingerprint density at radius 3 is 1.33 bits per heavy atom. The average molecular weight is 995 g/mol. The fourth-order valence-corrected chi connectivity index (χ4v) is 9.24.